The smallest absolute Gasteiger partial charge is 0.160 e. The minimum Gasteiger partial charge on any atom is -0.228 e. The van der Waals surface area contributed by atoms with Gasteiger partial charge in [-0.2, -0.15) is 0 Å². The third-order valence-corrected chi connectivity index (χ3v) is 13.0. The summed E-state index contributed by atoms with van der Waals surface area (Å²) in [6.07, 6.45) is 0. The van der Waals surface area contributed by atoms with Crippen LogP contribution >= 0.6 is 11.3 Å². The maximum atomic E-state index is 5.27. The Kier molecular flexibility index (Phi) is 7.84. The summed E-state index contributed by atoms with van der Waals surface area (Å²) in [5, 5.41) is 2.62. The molecule has 11 rings (SSSR count). The molecule has 0 fully saturated rings. The summed E-state index contributed by atoms with van der Waals surface area (Å²) in [5.74, 6) is 0.706. The fraction of sp³-hybridized carbons (Fsp3) is 0.0370. The molecule has 0 N–H and O–H groups in total. The van der Waals surface area contributed by atoms with Crippen molar-refractivity contribution >= 4 is 31.5 Å². The Morgan fingerprint density at radius 2 is 0.965 bits per heavy atom. The fourth-order valence-electron chi connectivity index (χ4n) is 8.89. The molecule has 10 aromatic rings. The largest absolute Gasteiger partial charge is 0.228 e. The van der Waals surface area contributed by atoms with Crippen molar-refractivity contribution < 1.29 is 0 Å². The summed E-state index contributed by atoms with van der Waals surface area (Å²) in [6, 6.07) is 72.2. The van der Waals surface area contributed by atoms with Gasteiger partial charge in [-0.25, -0.2) is 9.97 Å². The first-order valence-corrected chi connectivity index (χ1v) is 20.3. The predicted octanol–water partition coefficient (Wildman–Crippen LogP) is 14.5. The number of aromatic nitrogens is 2. The summed E-state index contributed by atoms with van der Waals surface area (Å²) in [6.45, 7) is 2.37. The van der Waals surface area contributed by atoms with Crippen LogP contribution in [0.2, 0.25) is 0 Å². The topological polar surface area (TPSA) is 25.8 Å². The number of hydrogen-bond donors (Lipinski definition) is 0. The van der Waals surface area contributed by atoms with E-state index in [9.17, 15) is 0 Å². The lowest BCUT2D eigenvalue weighted by molar-refractivity contribution is 0.714. The molecule has 1 aliphatic rings. The van der Waals surface area contributed by atoms with E-state index in [1.54, 1.807) is 0 Å². The van der Waals surface area contributed by atoms with Crippen molar-refractivity contribution in [2.45, 2.75) is 12.3 Å². The van der Waals surface area contributed by atoms with E-state index in [1.165, 1.54) is 64.7 Å². The minimum atomic E-state index is -0.282. The quantitative estimate of drug-likeness (QED) is 0.169. The Bertz CT molecular complexity index is 3130. The van der Waals surface area contributed by atoms with Crippen LogP contribution in [0.4, 0.5) is 0 Å². The Hall–Kier alpha value is -6.94. The lowest BCUT2D eigenvalue weighted by atomic mass is 9.74. The van der Waals surface area contributed by atoms with Crippen molar-refractivity contribution in [3.63, 3.8) is 0 Å². The highest BCUT2D eigenvalue weighted by Gasteiger charge is 2.40. The number of fused-ring (bicyclic) bond motifs is 6. The van der Waals surface area contributed by atoms with Gasteiger partial charge in [0.05, 0.1) is 11.4 Å². The van der Waals surface area contributed by atoms with Crippen molar-refractivity contribution in [2.24, 2.45) is 0 Å². The third kappa shape index (κ3) is 5.54. The van der Waals surface area contributed by atoms with Gasteiger partial charge in [0.1, 0.15) is 0 Å². The second kappa shape index (κ2) is 13.4. The molecule has 2 aromatic heterocycles. The summed E-state index contributed by atoms with van der Waals surface area (Å²) in [4.78, 5) is 10.5. The summed E-state index contributed by atoms with van der Waals surface area (Å²) in [5.41, 5.74) is 15.9. The monoisotopic (exact) mass is 744 g/mol. The van der Waals surface area contributed by atoms with Crippen LogP contribution < -0.4 is 0 Å². The Balaban J connectivity index is 1.02. The van der Waals surface area contributed by atoms with Crippen LogP contribution in [0, 0.1) is 0 Å². The molecule has 0 aliphatic heterocycles. The molecular formula is C54H36N2S. The van der Waals surface area contributed by atoms with Crippen molar-refractivity contribution in [2.75, 3.05) is 0 Å². The predicted molar refractivity (Wildman–Crippen MR) is 240 cm³/mol. The molecule has 8 aromatic carbocycles. The van der Waals surface area contributed by atoms with Crippen LogP contribution in [0.15, 0.2) is 200 Å². The van der Waals surface area contributed by atoms with Gasteiger partial charge >= 0.3 is 0 Å². The standard InChI is InChI=1S/C54H36N2S/c1-54(40-16-6-3-7-17-40)47-22-12-10-19-42(47)43-30-28-39(33-48(43)54)41-18-8-9-20-44(41)50-34-49(55-53(56-50)37-14-4-2-5-15-37)36-26-24-35(25-27-36)38-29-31-52-46(32-38)45-21-11-13-23-51(45)57-52/h2-34H,1H3. The van der Waals surface area contributed by atoms with E-state index < -0.39 is 0 Å². The first kappa shape index (κ1) is 33.4. The lowest BCUT2D eigenvalue weighted by Crippen LogP contribution is -2.22. The molecule has 0 saturated heterocycles. The Labute approximate surface area is 336 Å². The minimum absolute atomic E-state index is 0.282. The van der Waals surface area contributed by atoms with Crippen molar-refractivity contribution in [1.29, 1.82) is 0 Å². The average molecular weight is 745 g/mol. The van der Waals surface area contributed by atoms with Gasteiger partial charge < -0.3 is 0 Å². The summed E-state index contributed by atoms with van der Waals surface area (Å²) in [7, 11) is 0. The number of thiophene rings is 1. The molecule has 0 radical (unpaired) electrons. The van der Waals surface area contributed by atoms with Gasteiger partial charge in [-0.05, 0) is 87.3 Å². The van der Waals surface area contributed by atoms with Crippen molar-refractivity contribution in [1.82, 2.24) is 9.97 Å². The van der Waals surface area contributed by atoms with Gasteiger partial charge in [-0.15, -0.1) is 11.3 Å². The fourth-order valence-corrected chi connectivity index (χ4v) is 9.98. The molecule has 1 aliphatic carbocycles. The van der Waals surface area contributed by atoms with E-state index in [2.05, 4.69) is 189 Å². The molecule has 2 nitrogen and oxygen atoms in total. The van der Waals surface area contributed by atoms with Crippen molar-refractivity contribution in [3.05, 3.63) is 217 Å². The van der Waals surface area contributed by atoms with Gasteiger partial charge in [-0.1, -0.05) is 170 Å². The maximum Gasteiger partial charge on any atom is 0.160 e. The van der Waals surface area contributed by atoms with E-state index in [1.807, 2.05) is 29.5 Å². The lowest BCUT2D eigenvalue weighted by Gasteiger charge is -2.28. The van der Waals surface area contributed by atoms with E-state index in [-0.39, 0.29) is 5.41 Å². The molecule has 57 heavy (non-hydrogen) atoms. The summed E-state index contributed by atoms with van der Waals surface area (Å²) < 4.78 is 2.64. The van der Waals surface area contributed by atoms with E-state index in [0.29, 0.717) is 5.82 Å². The first-order valence-electron chi connectivity index (χ1n) is 19.5. The highest BCUT2D eigenvalue weighted by Crippen LogP contribution is 2.53. The van der Waals surface area contributed by atoms with Gasteiger partial charge in [0, 0.05) is 42.3 Å². The van der Waals surface area contributed by atoms with Crippen LogP contribution in [0.5, 0.6) is 0 Å². The maximum absolute atomic E-state index is 5.27. The summed E-state index contributed by atoms with van der Waals surface area (Å²) >= 11 is 1.85. The highest BCUT2D eigenvalue weighted by molar-refractivity contribution is 7.25. The van der Waals surface area contributed by atoms with Crippen LogP contribution in [-0.2, 0) is 5.41 Å². The SMILES string of the molecule is CC1(c2ccccc2)c2ccccc2-c2ccc(-c3ccccc3-c3cc(-c4ccc(-c5ccc6sc7ccccc7c6c5)cc4)nc(-c4ccccc4)n3)cc21. The molecule has 2 heterocycles. The van der Waals surface area contributed by atoms with E-state index in [4.69, 9.17) is 9.97 Å². The molecule has 3 heteroatoms. The first-order chi connectivity index (χ1) is 28.1. The molecule has 1 atom stereocenters. The van der Waals surface area contributed by atoms with Gasteiger partial charge in [0.25, 0.3) is 0 Å². The molecule has 0 bridgehead atoms. The van der Waals surface area contributed by atoms with Crippen LogP contribution in [0.3, 0.4) is 0 Å². The van der Waals surface area contributed by atoms with Crippen molar-refractivity contribution in [3.8, 4) is 67.3 Å². The zero-order chi connectivity index (χ0) is 37.9. The highest BCUT2D eigenvalue weighted by atomic mass is 32.1. The Morgan fingerprint density at radius 1 is 0.368 bits per heavy atom. The zero-order valence-corrected chi connectivity index (χ0v) is 32.2. The molecule has 0 amide bonds. The van der Waals surface area contributed by atoms with E-state index in [0.717, 1.165) is 33.6 Å². The van der Waals surface area contributed by atoms with E-state index >= 15 is 0 Å². The number of hydrogen-bond acceptors (Lipinski definition) is 3. The van der Waals surface area contributed by atoms with Gasteiger partial charge in [0.15, 0.2) is 5.82 Å². The van der Waals surface area contributed by atoms with Crippen LogP contribution in [0.1, 0.15) is 23.6 Å². The second-order valence-electron chi connectivity index (χ2n) is 15.1. The van der Waals surface area contributed by atoms with Crippen LogP contribution in [0.25, 0.3) is 87.5 Å². The van der Waals surface area contributed by atoms with Gasteiger partial charge in [0.2, 0.25) is 0 Å². The normalized spacial score (nSPS) is 14.5. The van der Waals surface area contributed by atoms with Gasteiger partial charge in [-0.3, -0.25) is 0 Å². The molecule has 1 unspecified atom stereocenters. The Morgan fingerprint density at radius 3 is 1.79 bits per heavy atom. The zero-order valence-electron chi connectivity index (χ0n) is 31.4. The molecule has 268 valence electrons. The molecular weight excluding hydrogens is 709 g/mol. The van der Waals surface area contributed by atoms with Crippen LogP contribution in [-0.4, -0.2) is 9.97 Å². The number of benzene rings is 8. The number of rotatable bonds is 6. The number of nitrogens with zero attached hydrogens (tertiary/aromatic N) is 2. The average Bonchev–Trinajstić information content (AvgIpc) is 3.79. The third-order valence-electron chi connectivity index (χ3n) is 11.8. The molecule has 0 spiro atoms. The second-order valence-corrected chi connectivity index (χ2v) is 16.1. The molecule has 0 saturated carbocycles.